The first-order valence-electron chi connectivity index (χ1n) is 9.09. The highest BCUT2D eigenvalue weighted by molar-refractivity contribution is 7.22. The summed E-state index contributed by atoms with van der Waals surface area (Å²) < 4.78 is 1.05. The zero-order valence-electron chi connectivity index (χ0n) is 15.1. The summed E-state index contributed by atoms with van der Waals surface area (Å²) in [7, 11) is 0. The smallest absolute Gasteiger partial charge is 0.231 e. The Balaban J connectivity index is 1.37. The normalized spacial score (nSPS) is 16.9. The summed E-state index contributed by atoms with van der Waals surface area (Å²) in [6.45, 7) is 3.13. The highest BCUT2D eigenvalue weighted by Crippen LogP contribution is 2.29. The van der Waals surface area contributed by atoms with Crippen molar-refractivity contribution in [2.75, 3.05) is 18.4 Å². The summed E-state index contributed by atoms with van der Waals surface area (Å²) in [5.74, 6) is -0.394. The molecule has 1 aliphatic rings. The number of amides is 2. The van der Waals surface area contributed by atoms with Crippen molar-refractivity contribution in [2.45, 2.75) is 19.8 Å². The standard InChI is InChI=1S/C21H21N3O2S/c1-14-6-5-9-17-19(14)22-21(27-17)23-20(26)16-12-18(25)24(13-16)11-10-15-7-3-2-4-8-15/h2-9,16H,10-13H2,1H3,(H,22,23,26)/t16-/m1/s1. The number of aryl methyl sites for hydroxylation is 1. The molecule has 27 heavy (non-hydrogen) atoms. The molecule has 1 N–H and O–H groups in total. The lowest BCUT2D eigenvalue weighted by Crippen LogP contribution is -2.30. The maximum Gasteiger partial charge on any atom is 0.231 e. The van der Waals surface area contributed by atoms with Crippen LogP contribution in [0.4, 0.5) is 5.13 Å². The molecule has 0 aliphatic carbocycles. The average Bonchev–Trinajstić information content (AvgIpc) is 3.25. The molecule has 1 fully saturated rings. The second-order valence-corrected chi connectivity index (χ2v) is 7.94. The van der Waals surface area contributed by atoms with Gasteiger partial charge in [-0.25, -0.2) is 4.98 Å². The van der Waals surface area contributed by atoms with Gasteiger partial charge in [-0.2, -0.15) is 0 Å². The first-order valence-corrected chi connectivity index (χ1v) is 9.90. The van der Waals surface area contributed by atoms with Gasteiger partial charge in [-0.15, -0.1) is 0 Å². The fourth-order valence-corrected chi connectivity index (χ4v) is 4.37. The Bertz CT molecular complexity index is 984. The van der Waals surface area contributed by atoms with Crippen LogP contribution in [0.1, 0.15) is 17.5 Å². The van der Waals surface area contributed by atoms with Crippen LogP contribution in [0.25, 0.3) is 10.2 Å². The van der Waals surface area contributed by atoms with Crippen LogP contribution in [0.2, 0.25) is 0 Å². The molecular formula is C21H21N3O2S. The zero-order chi connectivity index (χ0) is 18.8. The molecule has 5 nitrogen and oxygen atoms in total. The number of fused-ring (bicyclic) bond motifs is 1. The van der Waals surface area contributed by atoms with Crippen molar-refractivity contribution < 1.29 is 9.59 Å². The maximum absolute atomic E-state index is 12.6. The second-order valence-electron chi connectivity index (χ2n) is 6.91. The predicted molar refractivity (Wildman–Crippen MR) is 108 cm³/mol. The van der Waals surface area contributed by atoms with Gasteiger partial charge in [-0.05, 0) is 30.5 Å². The van der Waals surface area contributed by atoms with E-state index in [1.165, 1.54) is 16.9 Å². The first-order chi connectivity index (χ1) is 13.1. The van der Waals surface area contributed by atoms with E-state index in [0.29, 0.717) is 18.2 Å². The molecule has 1 atom stereocenters. The molecule has 1 saturated heterocycles. The molecule has 2 aromatic carbocycles. The van der Waals surface area contributed by atoms with Gasteiger partial charge >= 0.3 is 0 Å². The van der Waals surface area contributed by atoms with Gasteiger partial charge < -0.3 is 10.2 Å². The van der Waals surface area contributed by atoms with Crippen molar-refractivity contribution in [3.63, 3.8) is 0 Å². The van der Waals surface area contributed by atoms with Gasteiger partial charge in [0.25, 0.3) is 0 Å². The van der Waals surface area contributed by atoms with Gasteiger partial charge in [0, 0.05) is 19.5 Å². The summed E-state index contributed by atoms with van der Waals surface area (Å²) >= 11 is 1.47. The second kappa shape index (κ2) is 7.48. The first kappa shape index (κ1) is 17.7. The van der Waals surface area contributed by atoms with Crippen LogP contribution in [0, 0.1) is 12.8 Å². The number of para-hydroxylation sites is 1. The van der Waals surface area contributed by atoms with Crippen molar-refractivity contribution in [3.05, 3.63) is 59.7 Å². The lowest BCUT2D eigenvalue weighted by molar-refractivity contribution is -0.128. The van der Waals surface area contributed by atoms with Crippen molar-refractivity contribution in [1.29, 1.82) is 0 Å². The van der Waals surface area contributed by atoms with Gasteiger partial charge in [-0.1, -0.05) is 53.8 Å². The molecule has 2 heterocycles. The number of rotatable bonds is 5. The minimum absolute atomic E-state index is 0.0474. The number of likely N-dealkylation sites (tertiary alicyclic amines) is 1. The lowest BCUT2D eigenvalue weighted by Gasteiger charge is -2.16. The molecule has 0 saturated carbocycles. The highest BCUT2D eigenvalue weighted by atomic mass is 32.1. The number of anilines is 1. The summed E-state index contributed by atoms with van der Waals surface area (Å²) in [5, 5.41) is 3.50. The van der Waals surface area contributed by atoms with E-state index < -0.39 is 0 Å². The van der Waals surface area contributed by atoms with Crippen molar-refractivity contribution >= 4 is 38.5 Å². The van der Waals surface area contributed by atoms with Gasteiger partial charge in [0.05, 0.1) is 16.1 Å². The Kier molecular flexibility index (Phi) is 4.90. The molecule has 6 heteroatoms. The number of carbonyl (C=O) groups excluding carboxylic acids is 2. The Morgan fingerprint density at radius 1 is 1.22 bits per heavy atom. The van der Waals surface area contributed by atoms with Crippen LogP contribution in [0.5, 0.6) is 0 Å². The summed E-state index contributed by atoms with van der Waals surface area (Å²) in [6, 6.07) is 16.1. The Labute approximate surface area is 162 Å². The molecule has 0 spiro atoms. The molecule has 1 aliphatic heterocycles. The van der Waals surface area contributed by atoms with Crippen molar-refractivity contribution in [1.82, 2.24) is 9.88 Å². The fraction of sp³-hybridized carbons (Fsp3) is 0.286. The molecule has 4 rings (SSSR count). The van der Waals surface area contributed by atoms with Crippen LogP contribution in [0.3, 0.4) is 0 Å². The van der Waals surface area contributed by atoms with Gasteiger partial charge in [0.1, 0.15) is 0 Å². The molecule has 2 amide bonds. The minimum Gasteiger partial charge on any atom is -0.342 e. The molecule has 0 bridgehead atoms. The lowest BCUT2D eigenvalue weighted by atomic mass is 10.1. The molecule has 1 aromatic heterocycles. The number of thiazole rings is 1. The molecule has 138 valence electrons. The van der Waals surface area contributed by atoms with Gasteiger partial charge in [0.15, 0.2) is 5.13 Å². The van der Waals surface area contributed by atoms with E-state index in [9.17, 15) is 9.59 Å². The van der Waals surface area contributed by atoms with Crippen LogP contribution in [-0.2, 0) is 16.0 Å². The third kappa shape index (κ3) is 3.85. The third-order valence-corrected chi connectivity index (χ3v) is 5.89. The topological polar surface area (TPSA) is 62.3 Å². The van der Waals surface area contributed by atoms with E-state index in [4.69, 9.17) is 0 Å². The van der Waals surface area contributed by atoms with Crippen LogP contribution >= 0.6 is 11.3 Å². The number of hydrogen-bond acceptors (Lipinski definition) is 4. The van der Waals surface area contributed by atoms with E-state index in [1.807, 2.05) is 43.3 Å². The number of carbonyl (C=O) groups is 2. The Morgan fingerprint density at radius 3 is 2.81 bits per heavy atom. The van der Waals surface area contributed by atoms with Crippen LogP contribution in [-0.4, -0.2) is 34.8 Å². The van der Waals surface area contributed by atoms with Gasteiger partial charge in [0.2, 0.25) is 11.8 Å². The largest absolute Gasteiger partial charge is 0.342 e. The Hall–Kier alpha value is -2.73. The fourth-order valence-electron chi connectivity index (χ4n) is 3.42. The minimum atomic E-state index is -0.318. The number of nitrogens with zero attached hydrogens (tertiary/aromatic N) is 2. The quantitative estimate of drug-likeness (QED) is 0.736. The number of nitrogens with one attached hydrogen (secondary N) is 1. The average molecular weight is 379 g/mol. The summed E-state index contributed by atoms with van der Waals surface area (Å²) in [5.41, 5.74) is 3.21. The van der Waals surface area contributed by atoms with Crippen molar-refractivity contribution in [2.24, 2.45) is 5.92 Å². The monoisotopic (exact) mass is 379 g/mol. The molecule has 3 aromatic rings. The molecule has 0 radical (unpaired) electrons. The maximum atomic E-state index is 12.6. The zero-order valence-corrected chi connectivity index (χ0v) is 16.0. The van der Waals surface area contributed by atoms with E-state index in [1.54, 1.807) is 4.90 Å². The summed E-state index contributed by atoms with van der Waals surface area (Å²) in [4.78, 5) is 31.2. The number of aromatic nitrogens is 1. The van der Waals surface area contributed by atoms with E-state index >= 15 is 0 Å². The number of hydrogen-bond donors (Lipinski definition) is 1. The SMILES string of the molecule is Cc1cccc2sc(NC(=O)[C@@H]3CC(=O)N(CCc4ccccc4)C3)nc12. The van der Waals surface area contributed by atoms with Crippen LogP contribution < -0.4 is 5.32 Å². The predicted octanol–water partition coefficient (Wildman–Crippen LogP) is 3.63. The van der Waals surface area contributed by atoms with Gasteiger partial charge in [-0.3, -0.25) is 9.59 Å². The summed E-state index contributed by atoms with van der Waals surface area (Å²) in [6.07, 6.45) is 1.07. The number of benzene rings is 2. The van der Waals surface area contributed by atoms with Crippen molar-refractivity contribution in [3.8, 4) is 0 Å². The third-order valence-electron chi connectivity index (χ3n) is 4.95. The van der Waals surface area contributed by atoms with E-state index in [-0.39, 0.29) is 24.2 Å². The van der Waals surface area contributed by atoms with E-state index in [0.717, 1.165) is 22.2 Å². The van der Waals surface area contributed by atoms with Crippen LogP contribution in [0.15, 0.2) is 48.5 Å². The molecular weight excluding hydrogens is 358 g/mol. The Morgan fingerprint density at radius 2 is 2.04 bits per heavy atom. The van der Waals surface area contributed by atoms with E-state index in [2.05, 4.69) is 22.4 Å². The molecule has 0 unspecified atom stereocenters. The highest BCUT2D eigenvalue weighted by Gasteiger charge is 2.34.